The zero-order chi connectivity index (χ0) is 31.9. The number of rotatable bonds is 10. The van der Waals surface area contributed by atoms with E-state index in [-0.39, 0.29) is 17.6 Å². The Balaban J connectivity index is 0.000000179. The third kappa shape index (κ3) is 7.71. The molecular formula is C38H43N3O3S. The van der Waals surface area contributed by atoms with Crippen molar-refractivity contribution >= 4 is 10.1 Å². The SMILES string of the molecule is CCC1(OS(C)(=O)=O)CN(C(c2ccccc2)c2ccccc2)C1.[C-]#[N+]C1(CC)CN(C(c2ccccc2)c2ccccc2)C1. The molecule has 234 valence electrons. The van der Waals surface area contributed by atoms with Crippen LogP contribution in [0.25, 0.3) is 4.85 Å². The van der Waals surface area contributed by atoms with Gasteiger partial charge in [-0.25, -0.2) is 6.57 Å². The Bertz CT molecular complexity index is 1570. The van der Waals surface area contributed by atoms with Crippen LogP contribution >= 0.6 is 0 Å². The van der Waals surface area contributed by atoms with Crippen LogP contribution in [-0.4, -0.2) is 61.8 Å². The monoisotopic (exact) mass is 621 g/mol. The quantitative estimate of drug-likeness (QED) is 0.137. The molecule has 2 aliphatic heterocycles. The van der Waals surface area contributed by atoms with E-state index in [9.17, 15) is 8.42 Å². The van der Waals surface area contributed by atoms with Gasteiger partial charge in [0.2, 0.25) is 0 Å². The standard InChI is InChI=1S/C19H20N2.C19H23NO3S/c1-3-19(20-2)14-21(15-19)18(16-10-6-4-7-11-16)17-12-8-5-9-13-17;1-3-19(23-24(2,21)22)14-20(15-19)18(16-10-6-4-7-11-16)17-12-8-5-9-13-17/h4-13,18H,3,14-15H2,1H3;4-13,18H,3,14-15H2,1-2H3. The van der Waals surface area contributed by atoms with E-state index < -0.39 is 15.7 Å². The fourth-order valence-electron chi connectivity index (χ4n) is 6.57. The van der Waals surface area contributed by atoms with E-state index in [1.807, 2.05) is 43.3 Å². The first-order valence-electron chi connectivity index (χ1n) is 15.7. The lowest BCUT2D eigenvalue weighted by Gasteiger charge is -2.51. The molecule has 4 aromatic rings. The summed E-state index contributed by atoms with van der Waals surface area (Å²) >= 11 is 0. The minimum atomic E-state index is -3.46. The average Bonchev–Trinajstić information content (AvgIpc) is 3.03. The van der Waals surface area contributed by atoms with Crippen LogP contribution in [-0.2, 0) is 14.3 Å². The van der Waals surface area contributed by atoms with Gasteiger partial charge in [0.1, 0.15) is 5.60 Å². The number of benzene rings is 4. The van der Waals surface area contributed by atoms with Crippen LogP contribution in [0.2, 0.25) is 0 Å². The van der Waals surface area contributed by atoms with Crippen molar-refractivity contribution in [1.82, 2.24) is 9.80 Å². The molecule has 0 spiro atoms. The minimum absolute atomic E-state index is 0.107. The van der Waals surface area contributed by atoms with E-state index in [1.165, 1.54) is 22.3 Å². The van der Waals surface area contributed by atoms with Gasteiger partial charge >= 0.3 is 0 Å². The molecule has 0 amide bonds. The number of hydrogen-bond acceptors (Lipinski definition) is 5. The van der Waals surface area contributed by atoms with Gasteiger partial charge in [-0.15, -0.1) is 0 Å². The largest absolute Gasteiger partial charge is 0.308 e. The maximum absolute atomic E-state index is 11.6. The van der Waals surface area contributed by atoms with Crippen molar-refractivity contribution < 1.29 is 12.6 Å². The van der Waals surface area contributed by atoms with Gasteiger partial charge in [-0.1, -0.05) is 135 Å². The molecule has 45 heavy (non-hydrogen) atoms. The highest BCUT2D eigenvalue weighted by molar-refractivity contribution is 7.86. The topological polar surface area (TPSA) is 54.2 Å². The van der Waals surface area contributed by atoms with Crippen molar-refractivity contribution in [2.75, 3.05) is 32.4 Å². The smallest absolute Gasteiger partial charge is 0.265 e. The van der Waals surface area contributed by atoms with Crippen molar-refractivity contribution in [3.05, 3.63) is 155 Å². The average molecular weight is 622 g/mol. The summed E-state index contributed by atoms with van der Waals surface area (Å²) in [6.07, 6.45) is 2.73. The third-order valence-corrected chi connectivity index (χ3v) is 9.69. The molecule has 0 unspecified atom stereocenters. The maximum Gasteiger partial charge on any atom is 0.265 e. The number of nitrogens with zero attached hydrogens (tertiary/aromatic N) is 3. The predicted octanol–water partition coefficient (Wildman–Crippen LogP) is 7.38. The fourth-order valence-corrected chi connectivity index (χ4v) is 7.43. The first-order valence-corrected chi connectivity index (χ1v) is 17.5. The molecule has 0 bridgehead atoms. The second-order valence-electron chi connectivity index (χ2n) is 12.3. The van der Waals surface area contributed by atoms with Gasteiger partial charge in [0.15, 0.2) is 0 Å². The Morgan fingerprint density at radius 2 is 0.978 bits per heavy atom. The Morgan fingerprint density at radius 1 is 0.644 bits per heavy atom. The van der Waals surface area contributed by atoms with Gasteiger partial charge in [0, 0.05) is 19.5 Å². The zero-order valence-corrected chi connectivity index (χ0v) is 27.2. The van der Waals surface area contributed by atoms with E-state index in [0.29, 0.717) is 19.5 Å². The van der Waals surface area contributed by atoms with Crippen molar-refractivity contribution in [2.45, 2.75) is 49.9 Å². The molecule has 6 nitrogen and oxygen atoms in total. The Kier molecular flexibility index (Phi) is 10.2. The summed E-state index contributed by atoms with van der Waals surface area (Å²) in [5, 5.41) is 0. The van der Waals surface area contributed by atoms with Gasteiger partial charge in [-0.3, -0.25) is 14.0 Å². The molecule has 0 aliphatic carbocycles. The molecular weight excluding hydrogens is 579 g/mol. The fraction of sp³-hybridized carbons (Fsp3) is 0.342. The lowest BCUT2D eigenvalue weighted by atomic mass is 9.83. The highest BCUT2D eigenvalue weighted by Crippen LogP contribution is 2.40. The van der Waals surface area contributed by atoms with Crippen LogP contribution in [0.5, 0.6) is 0 Å². The molecule has 6 rings (SSSR count). The van der Waals surface area contributed by atoms with Crippen LogP contribution in [0.1, 0.15) is 61.0 Å². The first kappa shape index (κ1) is 32.6. The molecule has 0 atom stereocenters. The Labute approximate surface area is 269 Å². The Morgan fingerprint density at radius 3 is 1.24 bits per heavy atom. The van der Waals surface area contributed by atoms with Gasteiger partial charge in [0.25, 0.3) is 15.7 Å². The molecule has 2 fully saturated rings. The second-order valence-corrected chi connectivity index (χ2v) is 13.8. The molecule has 0 N–H and O–H groups in total. The van der Waals surface area contributed by atoms with Gasteiger partial charge in [-0.2, -0.15) is 8.42 Å². The summed E-state index contributed by atoms with van der Waals surface area (Å²) in [7, 11) is -3.46. The lowest BCUT2D eigenvalue weighted by molar-refractivity contribution is -0.0886. The molecule has 2 saturated heterocycles. The van der Waals surface area contributed by atoms with Crippen LogP contribution in [0.3, 0.4) is 0 Å². The van der Waals surface area contributed by atoms with E-state index in [1.54, 1.807) is 0 Å². The number of likely N-dealkylation sites (tertiary alicyclic amines) is 2. The summed E-state index contributed by atoms with van der Waals surface area (Å²) in [6, 6.07) is 42.1. The van der Waals surface area contributed by atoms with E-state index in [4.69, 9.17) is 10.8 Å². The predicted molar refractivity (Wildman–Crippen MR) is 181 cm³/mol. The molecule has 2 aliphatic rings. The maximum atomic E-state index is 11.6. The van der Waals surface area contributed by atoms with Crippen LogP contribution < -0.4 is 0 Å². The summed E-state index contributed by atoms with van der Waals surface area (Å²) in [5.41, 5.74) is 4.24. The lowest BCUT2D eigenvalue weighted by Crippen LogP contribution is -2.64. The van der Waals surface area contributed by atoms with Crippen LogP contribution in [0, 0.1) is 6.57 Å². The van der Waals surface area contributed by atoms with Crippen molar-refractivity contribution in [2.24, 2.45) is 0 Å². The van der Waals surface area contributed by atoms with Gasteiger partial charge in [-0.05, 0) is 28.7 Å². The number of hydrogen-bond donors (Lipinski definition) is 0. The summed E-state index contributed by atoms with van der Waals surface area (Å²) in [5.74, 6) is 0. The normalized spacial score (nSPS) is 17.4. The first-order chi connectivity index (χ1) is 21.7. The Hall–Kier alpha value is -3.80. The molecule has 2 heterocycles. The molecule has 0 radical (unpaired) electrons. The summed E-state index contributed by atoms with van der Waals surface area (Å²) < 4.78 is 28.5. The van der Waals surface area contributed by atoms with E-state index >= 15 is 0 Å². The van der Waals surface area contributed by atoms with Crippen LogP contribution in [0.4, 0.5) is 0 Å². The van der Waals surface area contributed by atoms with Crippen molar-refractivity contribution in [3.63, 3.8) is 0 Å². The van der Waals surface area contributed by atoms with Crippen LogP contribution in [0.15, 0.2) is 121 Å². The van der Waals surface area contributed by atoms with E-state index in [0.717, 1.165) is 25.8 Å². The second kappa shape index (κ2) is 14.1. The molecule has 0 saturated carbocycles. The van der Waals surface area contributed by atoms with Gasteiger partial charge in [0.05, 0.1) is 31.4 Å². The summed E-state index contributed by atoms with van der Waals surface area (Å²) in [4.78, 5) is 8.57. The highest BCUT2D eigenvalue weighted by atomic mass is 32.2. The molecule has 4 aromatic carbocycles. The van der Waals surface area contributed by atoms with E-state index in [2.05, 4.69) is 106 Å². The van der Waals surface area contributed by atoms with Crippen molar-refractivity contribution in [3.8, 4) is 0 Å². The zero-order valence-electron chi connectivity index (χ0n) is 26.4. The molecule has 0 aromatic heterocycles. The minimum Gasteiger partial charge on any atom is -0.308 e. The highest BCUT2D eigenvalue weighted by Gasteiger charge is 2.51. The van der Waals surface area contributed by atoms with Gasteiger partial charge < -0.3 is 4.85 Å². The van der Waals surface area contributed by atoms with Crippen molar-refractivity contribution in [1.29, 1.82) is 0 Å². The molecule has 7 heteroatoms. The summed E-state index contributed by atoms with van der Waals surface area (Å²) in [6.45, 7) is 14.5. The third-order valence-electron chi connectivity index (χ3n) is 9.04.